The lowest BCUT2D eigenvalue weighted by atomic mass is 10.1. The predicted molar refractivity (Wildman–Crippen MR) is 84.3 cm³/mol. The Labute approximate surface area is 128 Å². The summed E-state index contributed by atoms with van der Waals surface area (Å²) in [5.74, 6) is -0.0158. The van der Waals surface area contributed by atoms with Crippen molar-refractivity contribution in [1.82, 2.24) is 5.32 Å². The maximum atomic E-state index is 11.0. The number of aryl methyl sites for hydroxylation is 1. The monoisotopic (exact) mass is 305 g/mol. The fourth-order valence-corrected chi connectivity index (χ4v) is 3.08. The molecule has 0 saturated carbocycles. The molecule has 2 rings (SSSR count). The Kier molecular flexibility index (Phi) is 4.98. The van der Waals surface area contributed by atoms with Crippen molar-refractivity contribution in [2.75, 3.05) is 7.11 Å². The Morgan fingerprint density at radius 3 is 2.76 bits per heavy atom. The van der Waals surface area contributed by atoms with Crippen molar-refractivity contribution in [3.8, 4) is 5.75 Å². The fourth-order valence-electron chi connectivity index (χ4n) is 2.20. The lowest BCUT2D eigenvalue weighted by molar-refractivity contribution is 0.0702. The van der Waals surface area contributed by atoms with Crippen molar-refractivity contribution < 1.29 is 14.6 Å². The summed E-state index contributed by atoms with van der Waals surface area (Å²) in [4.78, 5) is 12.4. The highest BCUT2D eigenvalue weighted by atomic mass is 32.1. The summed E-state index contributed by atoms with van der Waals surface area (Å²) in [7, 11) is 1.66. The molecule has 0 bridgehead atoms. The molecule has 0 saturated heterocycles. The molecule has 1 heterocycles. The molecular formula is C16H19NO3S. The SMILES string of the molecule is COc1ccccc1[C@@H](C)NCc1cc(C(=O)O)sc1C. The molecule has 1 atom stereocenters. The summed E-state index contributed by atoms with van der Waals surface area (Å²) in [5.41, 5.74) is 2.12. The lowest BCUT2D eigenvalue weighted by Crippen LogP contribution is -2.18. The number of ether oxygens (including phenoxy) is 1. The highest BCUT2D eigenvalue weighted by Gasteiger charge is 2.14. The van der Waals surface area contributed by atoms with Crippen LogP contribution in [0.25, 0.3) is 0 Å². The standard InChI is InChI=1S/C16H19NO3S/c1-10(13-6-4-5-7-14(13)20-3)17-9-12-8-15(16(18)19)21-11(12)2/h4-8,10,17H,9H2,1-3H3,(H,18,19)/t10-/m1/s1. The first-order chi connectivity index (χ1) is 10.0. The Bertz CT molecular complexity index is 636. The second-order valence-corrected chi connectivity index (χ2v) is 6.10. The van der Waals surface area contributed by atoms with Gasteiger partial charge in [0.2, 0.25) is 0 Å². The van der Waals surface area contributed by atoms with E-state index in [1.54, 1.807) is 13.2 Å². The van der Waals surface area contributed by atoms with E-state index in [4.69, 9.17) is 9.84 Å². The number of thiophene rings is 1. The molecule has 0 aliphatic rings. The van der Waals surface area contributed by atoms with E-state index >= 15 is 0 Å². The van der Waals surface area contributed by atoms with Crippen molar-refractivity contribution in [3.05, 3.63) is 51.2 Å². The lowest BCUT2D eigenvalue weighted by Gasteiger charge is -2.17. The second kappa shape index (κ2) is 6.74. The zero-order chi connectivity index (χ0) is 15.4. The van der Waals surface area contributed by atoms with E-state index in [0.717, 1.165) is 21.8 Å². The van der Waals surface area contributed by atoms with Gasteiger partial charge in [-0.1, -0.05) is 18.2 Å². The van der Waals surface area contributed by atoms with Gasteiger partial charge in [-0.3, -0.25) is 0 Å². The van der Waals surface area contributed by atoms with Gasteiger partial charge in [0, 0.05) is 23.0 Å². The molecule has 0 radical (unpaired) electrons. The zero-order valence-electron chi connectivity index (χ0n) is 12.3. The van der Waals surface area contributed by atoms with Crippen LogP contribution in [0.15, 0.2) is 30.3 Å². The number of carboxylic acid groups (broad SMARTS) is 1. The highest BCUT2D eigenvalue weighted by Crippen LogP contribution is 2.26. The Balaban J connectivity index is 2.07. The number of benzene rings is 1. The first-order valence-electron chi connectivity index (χ1n) is 6.71. The number of carbonyl (C=O) groups is 1. The first-order valence-corrected chi connectivity index (χ1v) is 7.53. The van der Waals surface area contributed by atoms with Gasteiger partial charge in [-0.25, -0.2) is 4.79 Å². The molecule has 0 fully saturated rings. The van der Waals surface area contributed by atoms with Gasteiger partial charge in [-0.2, -0.15) is 0 Å². The normalized spacial score (nSPS) is 12.1. The van der Waals surface area contributed by atoms with E-state index in [-0.39, 0.29) is 6.04 Å². The maximum absolute atomic E-state index is 11.0. The van der Waals surface area contributed by atoms with Gasteiger partial charge in [0.15, 0.2) is 0 Å². The van der Waals surface area contributed by atoms with Gasteiger partial charge in [0.05, 0.1) is 7.11 Å². The number of hydrogen-bond acceptors (Lipinski definition) is 4. The van der Waals surface area contributed by atoms with E-state index in [1.807, 2.05) is 31.2 Å². The summed E-state index contributed by atoms with van der Waals surface area (Å²) < 4.78 is 5.36. The summed E-state index contributed by atoms with van der Waals surface area (Å²) in [6.45, 7) is 4.65. The Morgan fingerprint density at radius 2 is 2.14 bits per heavy atom. The second-order valence-electron chi connectivity index (χ2n) is 4.84. The van der Waals surface area contributed by atoms with Crippen molar-refractivity contribution >= 4 is 17.3 Å². The number of carboxylic acids is 1. The van der Waals surface area contributed by atoms with Gasteiger partial charge in [0.25, 0.3) is 0 Å². The van der Waals surface area contributed by atoms with Crippen LogP contribution in [0.3, 0.4) is 0 Å². The number of nitrogens with one attached hydrogen (secondary N) is 1. The molecular weight excluding hydrogens is 286 g/mol. The van der Waals surface area contributed by atoms with Crippen LogP contribution in [0.2, 0.25) is 0 Å². The molecule has 2 N–H and O–H groups in total. The molecule has 112 valence electrons. The summed E-state index contributed by atoms with van der Waals surface area (Å²) in [5, 5.41) is 12.4. The molecule has 0 unspecified atom stereocenters. The van der Waals surface area contributed by atoms with Crippen LogP contribution >= 0.6 is 11.3 Å². The van der Waals surface area contributed by atoms with E-state index < -0.39 is 5.97 Å². The predicted octanol–water partition coefficient (Wildman–Crippen LogP) is 3.61. The van der Waals surface area contributed by atoms with E-state index in [0.29, 0.717) is 11.4 Å². The van der Waals surface area contributed by atoms with E-state index in [1.165, 1.54) is 11.3 Å². The minimum atomic E-state index is -0.868. The molecule has 21 heavy (non-hydrogen) atoms. The van der Waals surface area contributed by atoms with Gasteiger partial charge in [0.1, 0.15) is 10.6 Å². The van der Waals surface area contributed by atoms with Crippen LogP contribution < -0.4 is 10.1 Å². The van der Waals surface area contributed by atoms with Crippen LogP contribution in [0.1, 0.15) is 38.6 Å². The smallest absolute Gasteiger partial charge is 0.345 e. The number of rotatable bonds is 6. The molecule has 1 aromatic heterocycles. The average molecular weight is 305 g/mol. The van der Waals surface area contributed by atoms with Crippen LogP contribution in [-0.2, 0) is 6.54 Å². The van der Waals surface area contributed by atoms with Gasteiger partial charge in [-0.15, -0.1) is 11.3 Å². The summed E-state index contributed by atoms with van der Waals surface area (Å²) in [6.07, 6.45) is 0. The van der Waals surface area contributed by atoms with Crippen molar-refractivity contribution in [2.24, 2.45) is 0 Å². The number of methoxy groups -OCH3 is 1. The molecule has 0 amide bonds. The third-order valence-corrected chi connectivity index (χ3v) is 4.52. The van der Waals surface area contributed by atoms with Crippen LogP contribution in [0.5, 0.6) is 5.75 Å². The topological polar surface area (TPSA) is 58.6 Å². The zero-order valence-corrected chi connectivity index (χ0v) is 13.2. The average Bonchev–Trinajstić information content (AvgIpc) is 2.86. The molecule has 1 aromatic carbocycles. The molecule has 0 aliphatic carbocycles. The Hall–Kier alpha value is -1.85. The van der Waals surface area contributed by atoms with E-state index in [2.05, 4.69) is 12.2 Å². The molecule has 0 spiro atoms. The third kappa shape index (κ3) is 3.62. The number of para-hydroxylation sites is 1. The highest BCUT2D eigenvalue weighted by molar-refractivity contribution is 7.14. The fraction of sp³-hybridized carbons (Fsp3) is 0.312. The summed E-state index contributed by atoms with van der Waals surface area (Å²) in [6, 6.07) is 9.75. The van der Waals surface area contributed by atoms with Crippen molar-refractivity contribution in [2.45, 2.75) is 26.4 Å². The maximum Gasteiger partial charge on any atom is 0.345 e. The van der Waals surface area contributed by atoms with Gasteiger partial charge in [-0.05, 0) is 31.5 Å². The first kappa shape index (κ1) is 15.5. The Morgan fingerprint density at radius 1 is 1.43 bits per heavy atom. The molecule has 0 aliphatic heterocycles. The van der Waals surface area contributed by atoms with Crippen molar-refractivity contribution in [3.63, 3.8) is 0 Å². The minimum Gasteiger partial charge on any atom is -0.496 e. The number of hydrogen-bond donors (Lipinski definition) is 2. The quantitative estimate of drug-likeness (QED) is 0.856. The third-order valence-electron chi connectivity index (χ3n) is 3.44. The van der Waals surface area contributed by atoms with Crippen LogP contribution in [-0.4, -0.2) is 18.2 Å². The molecule has 2 aromatic rings. The van der Waals surface area contributed by atoms with Crippen molar-refractivity contribution in [1.29, 1.82) is 0 Å². The number of aromatic carboxylic acids is 1. The van der Waals surface area contributed by atoms with Crippen LogP contribution in [0, 0.1) is 6.92 Å². The molecule has 5 heteroatoms. The van der Waals surface area contributed by atoms with Crippen LogP contribution in [0.4, 0.5) is 0 Å². The summed E-state index contributed by atoms with van der Waals surface area (Å²) >= 11 is 1.31. The minimum absolute atomic E-state index is 0.119. The molecule has 4 nitrogen and oxygen atoms in total. The van der Waals surface area contributed by atoms with Gasteiger partial charge < -0.3 is 15.2 Å². The largest absolute Gasteiger partial charge is 0.496 e. The van der Waals surface area contributed by atoms with Gasteiger partial charge >= 0.3 is 5.97 Å². The van der Waals surface area contributed by atoms with E-state index in [9.17, 15) is 4.79 Å².